The Bertz CT molecular complexity index is 2960. The van der Waals surface area contributed by atoms with Gasteiger partial charge < -0.3 is 135 Å². The topological polar surface area (TPSA) is 711 Å². The number of imide groups is 1. The van der Waals surface area contributed by atoms with Gasteiger partial charge in [-0.05, 0) is 131 Å². The number of nitrogens with zero attached hydrogens (tertiary/aromatic N) is 4. The molecular formula is C70H134ClN20O27Pt-3. The summed E-state index contributed by atoms with van der Waals surface area (Å²) in [6, 6.07) is -3.79. The van der Waals surface area contributed by atoms with Gasteiger partial charge in [-0.25, -0.2) is 43.2 Å². The predicted molar refractivity (Wildman–Crippen MR) is 427 cm³/mol. The maximum Gasteiger partial charge on any atom is 0.407 e. The van der Waals surface area contributed by atoms with Gasteiger partial charge in [-0.1, -0.05) is 55.4 Å². The maximum absolute atomic E-state index is 12.3. The molecule has 1 aliphatic heterocycles. The number of hydrogen-bond donors (Lipinski definition) is 16. The number of halogens is 1. The number of amides is 13. The van der Waals surface area contributed by atoms with E-state index in [4.69, 9.17) is 56.6 Å². The van der Waals surface area contributed by atoms with Gasteiger partial charge in [-0.2, -0.15) is 12.1 Å². The zero-order valence-electron chi connectivity index (χ0n) is 66.5. The molecule has 1 saturated heterocycles. The first kappa shape index (κ1) is 129. The van der Waals surface area contributed by atoms with Gasteiger partial charge in [-0.3, -0.25) is 56.4 Å². The molecule has 49 heteroatoms. The van der Waals surface area contributed by atoms with Crippen LogP contribution < -0.4 is 88.4 Å². The van der Waals surface area contributed by atoms with Crippen LogP contribution in [-0.2, 0) is 102 Å². The predicted octanol–water partition coefficient (Wildman–Crippen LogP) is 0.384. The molecule has 2 aliphatic rings. The molecule has 13 amide bonds. The number of ketones is 2. The van der Waals surface area contributed by atoms with Crippen LogP contribution >= 0.6 is 0 Å². The molecule has 1 aromatic heterocycles. The number of rotatable bonds is 39. The average molecular weight is 1920 g/mol. The van der Waals surface area contributed by atoms with E-state index < -0.39 is 127 Å². The molecule has 7 unspecified atom stereocenters. The van der Waals surface area contributed by atoms with E-state index in [1.54, 1.807) is 46.2 Å². The Morgan fingerprint density at radius 2 is 0.908 bits per heavy atom. The third-order valence-electron chi connectivity index (χ3n) is 14.5. The van der Waals surface area contributed by atoms with Crippen LogP contribution in [0.3, 0.4) is 0 Å². The van der Waals surface area contributed by atoms with Crippen LogP contribution in [-0.4, -0.2) is 263 Å². The molecular weight excluding hydrogens is 1780 g/mol. The minimum atomic E-state index is -1.77. The summed E-state index contributed by atoms with van der Waals surface area (Å²) in [4.78, 5) is 198. The van der Waals surface area contributed by atoms with Gasteiger partial charge in [0.1, 0.15) is 12.1 Å². The van der Waals surface area contributed by atoms with Crippen molar-refractivity contribution in [3.05, 3.63) is 35.2 Å². The van der Waals surface area contributed by atoms with Crippen molar-refractivity contribution in [3.8, 4) is 0 Å². The van der Waals surface area contributed by atoms with E-state index in [0.717, 1.165) is 12.8 Å². The van der Waals surface area contributed by atoms with Crippen LogP contribution in [0.4, 0.5) is 38.4 Å². The molecule has 0 radical (unpaired) electrons. The Morgan fingerprint density at radius 3 is 1.20 bits per heavy atom. The molecule has 7 atom stereocenters. The summed E-state index contributed by atoms with van der Waals surface area (Å²) in [7, 11) is 5.30. The van der Waals surface area contributed by atoms with Gasteiger partial charge in [0, 0.05) is 73.6 Å². The number of aliphatic carboxylic acids is 2. The zero-order valence-corrected chi connectivity index (χ0v) is 69.5. The van der Waals surface area contributed by atoms with Gasteiger partial charge in [0.05, 0.1) is 84.7 Å². The van der Waals surface area contributed by atoms with E-state index in [9.17, 15) is 81.5 Å². The minimum absolute atomic E-state index is 0. The number of nitrogens with two attached hydrogens (primary N) is 4. The number of Topliss-reactive ketones (excluding diaryl/α,β-unsaturated/α-hetero) is 2. The zero-order chi connectivity index (χ0) is 86.7. The van der Waals surface area contributed by atoms with Crippen molar-refractivity contribution < 1.29 is 169 Å². The maximum atomic E-state index is 12.3. The number of methoxy groups -OCH3 is 3. The first-order chi connectivity index (χ1) is 53.6. The summed E-state index contributed by atoms with van der Waals surface area (Å²) in [5.41, 5.74) is 19.7. The van der Waals surface area contributed by atoms with E-state index in [-0.39, 0.29) is 151 Å². The van der Waals surface area contributed by atoms with Gasteiger partial charge in [0.25, 0.3) is 17.8 Å². The summed E-state index contributed by atoms with van der Waals surface area (Å²) in [6.45, 7) is 11.0. The van der Waals surface area contributed by atoms with Crippen LogP contribution in [0, 0.1) is 0 Å². The summed E-state index contributed by atoms with van der Waals surface area (Å²) in [5.74, 6) is 0.987. The number of unbranched alkanes of at least 4 members (excludes halogenated alkanes) is 4. The number of carboxylic acids is 2. The number of urea groups is 1. The summed E-state index contributed by atoms with van der Waals surface area (Å²) >= 11 is 0. The van der Waals surface area contributed by atoms with Crippen molar-refractivity contribution in [2.75, 3.05) is 87.5 Å². The molecule has 1 saturated carbocycles. The van der Waals surface area contributed by atoms with Crippen LogP contribution in [0.15, 0.2) is 18.5 Å². The van der Waals surface area contributed by atoms with Crippen LogP contribution in [0.1, 0.15) is 193 Å². The van der Waals surface area contributed by atoms with Crippen molar-refractivity contribution >= 4 is 108 Å². The molecule has 22 N–H and O–H groups in total. The van der Waals surface area contributed by atoms with Crippen LogP contribution in [0.2, 0.25) is 0 Å². The third kappa shape index (κ3) is 71.3. The molecule has 0 spiro atoms. The second kappa shape index (κ2) is 82.6. The molecule has 0 aromatic carbocycles. The van der Waals surface area contributed by atoms with Crippen molar-refractivity contribution in [2.45, 2.75) is 236 Å². The molecule has 1 aromatic rings. The second-order valence-electron chi connectivity index (χ2n) is 23.2. The number of hydrazine groups is 1. The van der Waals surface area contributed by atoms with E-state index >= 15 is 0 Å². The minimum Gasteiger partial charge on any atom is -1.00 e. The summed E-state index contributed by atoms with van der Waals surface area (Å²) in [5, 5.41) is 54.5. The Morgan fingerprint density at radius 1 is 0.563 bits per heavy atom. The molecule has 47 nitrogen and oxygen atoms in total. The monoisotopic (exact) mass is 1920 g/mol. The Labute approximate surface area is 716 Å². The molecule has 1 aliphatic carbocycles. The van der Waals surface area contributed by atoms with Gasteiger partial charge in [0.15, 0.2) is 11.6 Å². The Kier molecular flexibility index (Phi) is 89.7. The van der Waals surface area contributed by atoms with Crippen molar-refractivity contribution in [1.82, 2.24) is 68.0 Å². The fourth-order valence-electron chi connectivity index (χ4n) is 8.73. The number of ether oxygens (including phenoxy) is 7. The normalized spacial score (nSPS) is 13.2. The number of carbonyl (C=O) groups excluding carboxylic acids is 15. The van der Waals surface area contributed by atoms with Crippen molar-refractivity contribution in [3.63, 3.8) is 0 Å². The SMILES string of the molecule is C.C.C.C.CCOC(=O)NC(CCCCNC(=O)NC)C(=O)NCC(=O)[N-]C(CC(=O)O)C(=O)O.CCOC(=O)NC(CCCCNC(=O)OC)C(=O)ON1C(=O)CCC1=O.CCOC(=O)NC(CCCCNC(=O)OC)C(C)=O.CCOC(=O)NC(CCCCNC(=O)OC)C(C)=O.NC(=[NH2+])n1cccn1.NN.[Cl-].[NH-]C1CCCCC1[NH-].[Pt]. The molecule has 2 fully saturated rings. The van der Waals surface area contributed by atoms with Crippen LogP contribution in [0.5, 0.6) is 0 Å². The van der Waals surface area contributed by atoms with Crippen molar-refractivity contribution in [1.29, 1.82) is 0 Å². The number of carboxylic acid groups (broad SMARTS) is 2. The average Bonchev–Trinajstić information content (AvgIpc) is 1.72. The van der Waals surface area contributed by atoms with Gasteiger partial charge in [0.2, 0.25) is 5.91 Å². The summed E-state index contributed by atoms with van der Waals surface area (Å²) in [6.07, 6.45) is 8.26. The largest absolute Gasteiger partial charge is 1.00 e. The van der Waals surface area contributed by atoms with Crippen LogP contribution in [0.25, 0.3) is 16.8 Å². The van der Waals surface area contributed by atoms with E-state index in [2.05, 4.69) is 89.5 Å². The molecule has 2 heterocycles. The van der Waals surface area contributed by atoms with E-state index in [1.165, 1.54) is 59.7 Å². The fourth-order valence-corrected chi connectivity index (χ4v) is 8.73. The van der Waals surface area contributed by atoms with Crippen molar-refractivity contribution in [2.24, 2.45) is 17.4 Å². The number of hydroxylamine groups is 2. The quantitative estimate of drug-likeness (QED) is 0.00806. The number of carbonyl (C=O) groups is 17. The molecule has 0 bridgehead atoms. The standard InChI is InChI=1S/C17H29N5O9.C15H23N3O8.2C12H22N2O5.C6H12N2.C4H6N4.4CH4.ClH.H4N2.Pt/c1-3-31-17(30)22-10(6-4-5-7-19-16(29)18-2)14(26)20-9-12(23)21-11(15(27)28)8-13(24)25;1-3-25-15(23)17-10(6-4-5-9-16-14(22)24-2)13(21)26-18-11(19)7-8-12(18)20;2*1-4-19-12(17)14-10(9(2)15)7-5-6-8-13-11(16)18-3;7-5-3-1-2-4-6(5)8;5-4(6)8-3-1-2-7-8;;;;;;1-2;/h10-11H,3-9H2,1-2H3,(H7,18,19,20,21,22,23,24,25,26,27,28,29,30);10H,3-9H2,1-2H3,(H,16,22)(H,17,23);2*10H,4-8H2,1-3H3,(H,13,16)(H,14,17);5-8H,1-4H2;1-3H,(H3,5,6);4*1H4;1H;1-2H2;/q;;;;-2;;;;;;;;/p-1. The number of aromatic nitrogens is 2. The smallest absolute Gasteiger partial charge is 0.407 e. The summed E-state index contributed by atoms with van der Waals surface area (Å²) < 4.78 is 33.6. The van der Waals surface area contributed by atoms with Gasteiger partial charge in [-0.15, -0.1) is 14.8 Å². The first-order valence-corrected chi connectivity index (χ1v) is 35.9. The number of alkyl carbamates (subject to hydrolysis) is 7. The second-order valence-corrected chi connectivity index (χ2v) is 23.2. The number of nitrogens with one attached hydrogen (secondary N) is 12. The first-order valence-electron chi connectivity index (χ1n) is 35.9. The molecule has 696 valence electrons. The van der Waals surface area contributed by atoms with Gasteiger partial charge >= 0.3 is 66.6 Å². The van der Waals surface area contributed by atoms with E-state index in [1.807, 2.05) is 0 Å². The molecule has 119 heavy (non-hydrogen) atoms. The third-order valence-corrected chi connectivity index (χ3v) is 14.5. The Balaban J connectivity index is -0.000000154. The van der Waals surface area contributed by atoms with E-state index in [0.29, 0.717) is 95.5 Å². The Hall–Kier alpha value is -10.5. The number of hydrogen-bond acceptors (Lipinski definition) is 28. The molecule has 3 rings (SSSR count). The fraction of sp³-hybridized carbons (Fsp3) is 0.700.